The monoisotopic (exact) mass is 354 g/mol. The van der Waals surface area contributed by atoms with E-state index in [1.165, 1.54) is 6.07 Å². The number of nitrogens with two attached hydrogens (primary N) is 1. The van der Waals surface area contributed by atoms with Crippen LogP contribution in [0.1, 0.15) is 5.56 Å². The van der Waals surface area contributed by atoms with Gasteiger partial charge in [0.15, 0.2) is 0 Å². The molecule has 0 spiro atoms. The molecule has 0 aliphatic heterocycles. The summed E-state index contributed by atoms with van der Waals surface area (Å²) in [5.41, 5.74) is 7.21. The van der Waals surface area contributed by atoms with E-state index in [1.807, 2.05) is 30.3 Å². The fourth-order valence-electron chi connectivity index (χ4n) is 1.79. The fourth-order valence-corrected chi connectivity index (χ4v) is 3.91. The minimum absolute atomic E-state index is 0.194. The molecule has 0 radical (unpaired) electrons. The van der Waals surface area contributed by atoms with Crippen molar-refractivity contribution in [3.8, 4) is 0 Å². The highest BCUT2D eigenvalue weighted by Crippen LogP contribution is 2.23. The minimum atomic E-state index is -3.53. The molecule has 4 nitrogen and oxygen atoms in total. The van der Waals surface area contributed by atoms with Crippen molar-refractivity contribution in [2.24, 2.45) is 0 Å². The van der Waals surface area contributed by atoms with Gasteiger partial charge in [0.25, 0.3) is 0 Å². The van der Waals surface area contributed by atoms with E-state index in [-0.39, 0.29) is 4.90 Å². The first-order chi connectivity index (χ1) is 9.49. The first kappa shape index (κ1) is 15.0. The van der Waals surface area contributed by atoms with Crippen molar-refractivity contribution in [2.75, 3.05) is 12.3 Å². The molecule has 0 aromatic heterocycles. The Hall–Kier alpha value is -1.37. The molecule has 0 unspecified atom stereocenters. The van der Waals surface area contributed by atoms with Crippen LogP contribution in [0.2, 0.25) is 0 Å². The Morgan fingerprint density at radius 2 is 1.80 bits per heavy atom. The zero-order valence-corrected chi connectivity index (χ0v) is 13.1. The third-order valence-electron chi connectivity index (χ3n) is 2.79. The molecule has 0 saturated carbocycles. The topological polar surface area (TPSA) is 72.2 Å². The molecule has 6 heteroatoms. The Kier molecular flexibility index (Phi) is 4.80. The lowest BCUT2D eigenvalue weighted by molar-refractivity contribution is 0.581. The molecule has 3 N–H and O–H groups in total. The molecule has 2 aromatic rings. The SMILES string of the molecule is Nc1ccc(S(=O)(=O)NCCc2ccccc2)c(Br)c1. The van der Waals surface area contributed by atoms with Gasteiger partial charge < -0.3 is 5.73 Å². The van der Waals surface area contributed by atoms with Crippen LogP contribution in [0.4, 0.5) is 5.69 Å². The van der Waals surface area contributed by atoms with Crippen LogP contribution in [0, 0.1) is 0 Å². The van der Waals surface area contributed by atoms with E-state index in [1.54, 1.807) is 12.1 Å². The van der Waals surface area contributed by atoms with E-state index >= 15 is 0 Å². The average Bonchev–Trinajstić information content (AvgIpc) is 2.39. The normalized spacial score (nSPS) is 11.4. The summed E-state index contributed by atoms with van der Waals surface area (Å²) in [4.78, 5) is 0.194. The van der Waals surface area contributed by atoms with Gasteiger partial charge in [0.1, 0.15) is 0 Å². The number of rotatable bonds is 5. The molecule has 0 atom stereocenters. The molecular formula is C14H15BrN2O2S. The highest BCUT2D eigenvalue weighted by molar-refractivity contribution is 9.10. The number of benzene rings is 2. The van der Waals surface area contributed by atoms with Crippen LogP contribution in [0.25, 0.3) is 0 Å². The maximum absolute atomic E-state index is 12.2. The van der Waals surface area contributed by atoms with E-state index in [0.717, 1.165) is 5.56 Å². The van der Waals surface area contributed by atoms with Crippen molar-refractivity contribution in [1.29, 1.82) is 0 Å². The number of hydrogen-bond acceptors (Lipinski definition) is 3. The second kappa shape index (κ2) is 6.39. The van der Waals surface area contributed by atoms with Gasteiger partial charge >= 0.3 is 0 Å². The summed E-state index contributed by atoms with van der Waals surface area (Å²) < 4.78 is 27.4. The van der Waals surface area contributed by atoms with Gasteiger partial charge in [-0.05, 0) is 46.1 Å². The second-order valence-electron chi connectivity index (χ2n) is 4.32. The smallest absolute Gasteiger partial charge is 0.241 e. The number of sulfonamides is 1. The van der Waals surface area contributed by atoms with Crippen molar-refractivity contribution in [2.45, 2.75) is 11.3 Å². The summed E-state index contributed by atoms with van der Waals surface area (Å²) in [6.45, 7) is 0.350. The van der Waals surface area contributed by atoms with Crippen molar-refractivity contribution >= 4 is 31.6 Å². The van der Waals surface area contributed by atoms with Crippen molar-refractivity contribution in [3.63, 3.8) is 0 Å². The van der Waals surface area contributed by atoms with Crippen molar-refractivity contribution < 1.29 is 8.42 Å². The second-order valence-corrected chi connectivity index (χ2v) is 6.91. The molecule has 2 rings (SSSR count). The molecule has 106 valence electrons. The molecule has 0 aliphatic carbocycles. The number of anilines is 1. The van der Waals surface area contributed by atoms with Gasteiger partial charge in [0, 0.05) is 16.7 Å². The first-order valence-corrected chi connectivity index (χ1v) is 8.35. The van der Waals surface area contributed by atoms with Gasteiger partial charge in [-0.1, -0.05) is 30.3 Å². The quantitative estimate of drug-likeness (QED) is 0.810. The summed E-state index contributed by atoms with van der Waals surface area (Å²) >= 11 is 3.22. The van der Waals surface area contributed by atoms with E-state index in [0.29, 0.717) is 23.1 Å². The standard InChI is InChI=1S/C14H15BrN2O2S/c15-13-10-12(16)6-7-14(13)20(18,19)17-9-8-11-4-2-1-3-5-11/h1-7,10,17H,8-9,16H2. The number of nitrogens with one attached hydrogen (secondary N) is 1. The molecule has 0 heterocycles. The molecule has 2 aromatic carbocycles. The lowest BCUT2D eigenvalue weighted by atomic mass is 10.2. The van der Waals surface area contributed by atoms with Gasteiger partial charge in [-0.15, -0.1) is 0 Å². The maximum atomic E-state index is 12.2. The summed E-state index contributed by atoms with van der Waals surface area (Å²) in [5, 5.41) is 0. The number of nitrogen functional groups attached to an aromatic ring is 1. The number of halogens is 1. The summed E-state index contributed by atoms with van der Waals surface area (Å²) in [6, 6.07) is 14.4. The van der Waals surface area contributed by atoms with Gasteiger partial charge in [-0.3, -0.25) is 0 Å². The predicted octanol–water partition coefficient (Wildman–Crippen LogP) is 2.55. The molecule has 0 aliphatic rings. The largest absolute Gasteiger partial charge is 0.399 e. The molecule has 0 saturated heterocycles. The Labute approximate surface area is 127 Å². The van der Waals surface area contributed by atoms with Crippen LogP contribution in [-0.2, 0) is 16.4 Å². The van der Waals surface area contributed by atoms with Crippen LogP contribution in [0.5, 0.6) is 0 Å². The van der Waals surface area contributed by atoms with E-state index in [9.17, 15) is 8.42 Å². The third kappa shape index (κ3) is 3.82. The maximum Gasteiger partial charge on any atom is 0.241 e. The molecular weight excluding hydrogens is 340 g/mol. The van der Waals surface area contributed by atoms with Crippen molar-refractivity contribution in [3.05, 3.63) is 58.6 Å². The van der Waals surface area contributed by atoms with Crippen LogP contribution in [0.15, 0.2) is 57.9 Å². The Balaban J connectivity index is 2.04. The Morgan fingerprint density at radius 1 is 1.10 bits per heavy atom. The Morgan fingerprint density at radius 3 is 2.45 bits per heavy atom. The zero-order chi connectivity index (χ0) is 14.6. The lowest BCUT2D eigenvalue weighted by Gasteiger charge is -2.09. The number of hydrogen-bond donors (Lipinski definition) is 2. The molecule has 20 heavy (non-hydrogen) atoms. The van der Waals surface area contributed by atoms with Gasteiger partial charge in [0.2, 0.25) is 10.0 Å². The Bertz CT molecular complexity index is 688. The van der Waals surface area contributed by atoms with Crippen LogP contribution in [-0.4, -0.2) is 15.0 Å². The van der Waals surface area contributed by atoms with E-state index in [2.05, 4.69) is 20.7 Å². The van der Waals surface area contributed by atoms with Crippen LogP contribution < -0.4 is 10.5 Å². The minimum Gasteiger partial charge on any atom is -0.399 e. The van der Waals surface area contributed by atoms with Crippen molar-refractivity contribution in [1.82, 2.24) is 4.72 Å². The zero-order valence-electron chi connectivity index (χ0n) is 10.7. The molecule has 0 amide bonds. The summed E-state index contributed by atoms with van der Waals surface area (Å²) in [5.74, 6) is 0. The van der Waals surface area contributed by atoms with Crippen LogP contribution >= 0.6 is 15.9 Å². The first-order valence-electron chi connectivity index (χ1n) is 6.08. The highest BCUT2D eigenvalue weighted by atomic mass is 79.9. The fraction of sp³-hybridized carbons (Fsp3) is 0.143. The third-order valence-corrected chi connectivity index (χ3v) is 5.23. The molecule has 0 bridgehead atoms. The predicted molar refractivity (Wildman–Crippen MR) is 83.9 cm³/mol. The van der Waals surface area contributed by atoms with Crippen LogP contribution in [0.3, 0.4) is 0 Å². The lowest BCUT2D eigenvalue weighted by Crippen LogP contribution is -2.26. The van der Waals surface area contributed by atoms with Gasteiger partial charge in [0.05, 0.1) is 4.90 Å². The van der Waals surface area contributed by atoms with Gasteiger partial charge in [-0.25, -0.2) is 13.1 Å². The summed E-state index contributed by atoms with van der Waals surface area (Å²) in [7, 11) is -3.53. The van der Waals surface area contributed by atoms with E-state index in [4.69, 9.17) is 5.73 Å². The molecule has 0 fully saturated rings. The summed E-state index contributed by atoms with van der Waals surface area (Å²) in [6.07, 6.45) is 0.645. The van der Waals surface area contributed by atoms with Gasteiger partial charge in [-0.2, -0.15) is 0 Å². The highest BCUT2D eigenvalue weighted by Gasteiger charge is 2.16. The average molecular weight is 355 g/mol. The van der Waals surface area contributed by atoms with E-state index < -0.39 is 10.0 Å².